The monoisotopic (exact) mass is 214 g/mol. The summed E-state index contributed by atoms with van der Waals surface area (Å²) in [5.74, 6) is 1.89. The molecule has 0 amide bonds. The molecule has 0 aromatic heterocycles. The molecule has 0 bridgehead atoms. The zero-order valence-corrected chi connectivity index (χ0v) is 8.01. The van der Waals surface area contributed by atoms with Crippen LogP contribution in [0.5, 0.6) is 5.75 Å². The van der Waals surface area contributed by atoms with Gasteiger partial charge in [-0.2, -0.15) is 0 Å². The van der Waals surface area contributed by atoms with E-state index in [2.05, 4.69) is 5.92 Å². The Labute approximate surface area is 86.3 Å². The summed E-state index contributed by atoms with van der Waals surface area (Å²) in [6.07, 6.45) is 4.97. The van der Waals surface area contributed by atoms with Gasteiger partial charge >= 0.3 is 0 Å². The predicted molar refractivity (Wildman–Crippen MR) is 51.7 cm³/mol. The summed E-state index contributed by atoms with van der Waals surface area (Å²) >= 11 is 5.68. The van der Waals surface area contributed by atoms with Gasteiger partial charge in [-0.25, -0.2) is 4.39 Å². The van der Waals surface area contributed by atoms with Crippen molar-refractivity contribution < 1.29 is 14.2 Å². The van der Waals surface area contributed by atoms with E-state index >= 15 is 0 Å². The van der Waals surface area contributed by atoms with Gasteiger partial charge in [-0.1, -0.05) is 17.5 Å². The third kappa shape index (κ3) is 2.38. The Morgan fingerprint density at radius 2 is 2.29 bits per heavy atom. The molecule has 0 spiro atoms. The third-order valence-corrected chi connectivity index (χ3v) is 1.93. The molecular formula is C10H8ClFO2. The van der Waals surface area contributed by atoms with Crippen molar-refractivity contribution in [1.29, 1.82) is 0 Å². The molecule has 0 heterocycles. The fourth-order valence-electron chi connectivity index (χ4n) is 0.939. The Morgan fingerprint density at radius 3 is 2.79 bits per heavy atom. The average molecular weight is 215 g/mol. The van der Waals surface area contributed by atoms with E-state index in [1.807, 2.05) is 0 Å². The summed E-state index contributed by atoms with van der Waals surface area (Å²) in [6, 6.07) is 2.54. The van der Waals surface area contributed by atoms with Crippen LogP contribution in [0.1, 0.15) is 5.56 Å². The highest BCUT2D eigenvalue weighted by atomic mass is 35.5. The molecule has 0 aliphatic carbocycles. The van der Waals surface area contributed by atoms with Crippen LogP contribution in [-0.4, -0.2) is 11.7 Å². The van der Waals surface area contributed by atoms with E-state index in [0.29, 0.717) is 0 Å². The van der Waals surface area contributed by atoms with Gasteiger partial charge in [0.15, 0.2) is 0 Å². The number of benzene rings is 1. The summed E-state index contributed by atoms with van der Waals surface area (Å²) < 4.78 is 18.1. The predicted octanol–water partition coefficient (Wildman–Crippen LogP) is 1.98. The molecule has 2 nitrogen and oxygen atoms in total. The lowest BCUT2D eigenvalue weighted by Crippen LogP contribution is -1.97. The summed E-state index contributed by atoms with van der Waals surface area (Å²) in [5, 5.41) is 8.89. The highest BCUT2D eigenvalue weighted by Crippen LogP contribution is 2.25. The lowest BCUT2D eigenvalue weighted by molar-refractivity contribution is 0.275. The van der Waals surface area contributed by atoms with Crippen molar-refractivity contribution in [3.63, 3.8) is 0 Å². The molecule has 0 radical (unpaired) electrons. The second-order valence-corrected chi connectivity index (χ2v) is 2.92. The van der Waals surface area contributed by atoms with Crippen LogP contribution in [-0.2, 0) is 6.61 Å². The summed E-state index contributed by atoms with van der Waals surface area (Å²) in [5.41, 5.74) is 0.0553. The maximum Gasteiger partial charge on any atom is 0.148 e. The Balaban J connectivity index is 2.97. The molecule has 0 aliphatic heterocycles. The minimum atomic E-state index is -0.605. The maximum atomic E-state index is 13.2. The van der Waals surface area contributed by atoms with E-state index in [-0.39, 0.29) is 22.9 Å². The van der Waals surface area contributed by atoms with Gasteiger partial charge in [-0.15, -0.1) is 6.42 Å². The number of aliphatic hydroxyl groups excluding tert-OH is 1. The van der Waals surface area contributed by atoms with Gasteiger partial charge in [-0.05, 0) is 6.07 Å². The molecule has 1 rings (SSSR count). The minimum absolute atomic E-state index is 0.0498. The second kappa shape index (κ2) is 4.85. The van der Waals surface area contributed by atoms with Gasteiger partial charge in [0, 0.05) is 11.6 Å². The zero-order chi connectivity index (χ0) is 10.6. The fraction of sp³-hybridized carbons (Fsp3) is 0.200. The smallest absolute Gasteiger partial charge is 0.148 e. The van der Waals surface area contributed by atoms with E-state index < -0.39 is 12.4 Å². The summed E-state index contributed by atoms with van der Waals surface area (Å²) in [7, 11) is 0. The standard InChI is InChI=1S/C10H8ClFO2/c1-2-3-14-7-4-9(11)8(6-13)10(12)5-7/h1,4-5,13H,3,6H2. The van der Waals surface area contributed by atoms with Gasteiger partial charge in [-0.3, -0.25) is 0 Å². The van der Waals surface area contributed by atoms with Crippen LogP contribution in [0, 0.1) is 18.2 Å². The Morgan fingerprint density at radius 1 is 1.57 bits per heavy atom. The zero-order valence-electron chi connectivity index (χ0n) is 7.26. The van der Waals surface area contributed by atoms with Gasteiger partial charge in [0.1, 0.15) is 18.2 Å². The maximum absolute atomic E-state index is 13.2. The first-order valence-corrected chi connectivity index (χ1v) is 4.22. The molecular weight excluding hydrogens is 207 g/mol. The van der Waals surface area contributed by atoms with E-state index in [4.69, 9.17) is 27.9 Å². The van der Waals surface area contributed by atoms with Crippen molar-refractivity contribution in [3.8, 4) is 18.1 Å². The molecule has 0 atom stereocenters. The third-order valence-electron chi connectivity index (χ3n) is 1.59. The van der Waals surface area contributed by atoms with Crippen LogP contribution >= 0.6 is 11.6 Å². The molecule has 0 unspecified atom stereocenters. The molecule has 1 N–H and O–H groups in total. The highest BCUT2D eigenvalue weighted by molar-refractivity contribution is 6.31. The molecule has 1 aromatic carbocycles. The van der Waals surface area contributed by atoms with Crippen LogP contribution in [0.15, 0.2) is 12.1 Å². The SMILES string of the molecule is C#CCOc1cc(F)c(CO)c(Cl)c1. The Kier molecular flexibility index (Phi) is 3.75. The number of aliphatic hydroxyl groups is 1. The first-order chi connectivity index (χ1) is 6.69. The van der Waals surface area contributed by atoms with Gasteiger partial charge in [0.05, 0.1) is 11.6 Å². The van der Waals surface area contributed by atoms with Crippen molar-refractivity contribution in [2.24, 2.45) is 0 Å². The van der Waals surface area contributed by atoms with Crippen molar-refractivity contribution >= 4 is 11.6 Å². The van der Waals surface area contributed by atoms with Crippen molar-refractivity contribution in [2.75, 3.05) is 6.61 Å². The number of hydrogen-bond donors (Lipinski definition) is 1. The molecule has 0 fully saturated rings. The molecule has 0 aliphatic rings. The number of halogens is 2. The molecule has 0 saturated carbocycles. The van der Waals surface area contributed by atoms with Gasteiger partial charge in [0.2, 0.25) is 0 Å². The highest BCUT2D eigenvalue weighted by Gasteiger charge is 2.08. The lowest BCUT2D eigenvalue weighted by Gasteiger charge is -2.06. The number of hydrogen-bond acceptors (Lipinski definition) is 2. The fourth-order valence-corrected chi connectivity index (χ4v) is 1.20. The molecule has 14 heavy (non-hydrogen) atoms. The largest absolute Gasteiger partial charge is 0.481 e. The summed E-state index contributed by atoms with van der Waals surface area (Å²) in [6.45, 7) is -0.395. The normalized spacial score (nSPS) is 9.57. The first kappa shape index (κ1) is 10.8. The van der Waals surface area contributed by atoms with E-state index in [1.54, 1.807) is 0 Å². The van der Waals surface area contributed by atoms with E-state index in [9.17, 15) is 4.39 Å². The Bertz CT molecular complexity index is 348. The second-order valence-electron chi connectivity index (χ2n) is 2.52. The molecule has 1 aromatic rings. The van der Waals surface area contributed by atoms with Crippen LogP contribution in [0.25, 0.3) is 0 Å². The quantitative estimate of drug-likeness (QED) is 0.780. The average Bonchev–Trinajstić information content (AvgIpc) is 2.14. The topological polar surface area (TPSA) is 29.5 Å². The van der Waals surface area contributed by atoms with Crippen LogP contribution in [0.4, 0.5) is 4.39 Å². The Hall–Kier alpha value is -1.24. The van der Waals surface area contributed by atoms with Crippen LogP contribution in [0.2, 0.25) is 5.02 Å². The molecule has 74 valence electrons. The summed E-state index contributed by atoms with van der Waals surface area (Å²) in [4.78, 5) is 0. The lowest BCUT2D eigenvalue weighted by atomic mass is 10.2. The van der Waals surface area contributed by atoms with Crippen LogP contribution in [0.3, 0.4) is 0 Å². The van der Waals surface area contributed by atoms with Gasteiger partial charge in [0.25, 0.3) is 0 Å². The molecule has 4 heteroatoms. The van der Waals surface area contributed by atoms with Crippen molar-refractivity contribution in [2.45, 2.75) is 6.61 Å². The van der Waals surface area contributed by atoms with E-state index in [1.165, 1.54) is 6.07 Å². The molecule has 0 saturated heterocycles. The van der Waals surface area contributed by atoms with E-state index in [0.717, 1.165) is 6.07 Å². The number of ether oxygens (including phenoxy) is 1. The van der Waals surface area contributed by atoms with Crippen molar-refractivity contribution in [1.82, 2.24) is 0 Å². The van der Waals surface area contributed by atoms with Crippen LogP contribution < -0.4 is 4.74 Å². The number of rotatable bonds is 3. The number of terminal acetylenes is 1. The van der Waals surface area contributed by atoms with Gasteiger partial charge < -0.3 is 9.84 Å². The first-order valence-electron chi connectivity index (χ1n) is 3.84. The minimum Gasteiger partial charge on any atom is -0.481 e. The van der Waals surface area contributed by atoms with Crippen molar-refractivity contribution in [3.05, 3.63) is 28.5 Å².